The predicted molar refractivity (Wildman–Crippen MR) is 95.2 cm³/mol. The molecule has 5 heteroatoms. The standard InChI is InChI=1S/C20H22N2O3/c1-20-13-17(21-19(24)22(20)10-5-11-23)16-12-15(8-9-18(16)25-20)14-6-3-2-4-7-14/h2-4,6-9,12,17,23H,5,10-11,13H2,1H3,(H,21,24). The number of carbonyl (C=O) groups is 1. The highest BCUT2D eigenvalue weighted by Gasteiger charge is 2.48. The van der Waals surface area contributed by atoms with Crippen molar-refractivity contribution in [3.63, 3.8) is 0 Å². The molecule has 0 spiro atoms. The van der Waals surface area contributed by atoms with E-state index >= 15 is 0 Å². The van der Waals surface area contributed by atoms with Crippen molar-refractivity contribution in [2.45, 2.75) is 31.5 Å². The van der Waals surface area contributed by atoms with Gasteiger partial charge in [-0.15, -0.1) is 0 Å². The average molecular weight is 338 g/mol. The van der Waals surface area contributed by atoms with E-state index in [9.17, 15) is 4.79 Å². The van der Waals surface area contributed by atoms with Crippen LogP contribution in [0.2, 0.25) is 0 Å². The quantitative estimate of drug-likeness (QED) is 0.899. The summed E-state index contributed by atoms with van der Waals surface area (Å²) in [6, 6.07) is 16.1. The van der Waals surface area contributed by atoms with Crippen LogP contribution in [0, 0.1) is 0 Å². The minimum atomic E-state index is -0.677. The number of fused-ring (bicyclic) bond motifs is 4. The third-order valence-electron chi connectivity index (χ3n) is 5.06. The Morgan fingerprint density at radius 1 is 1.24 bits per heavy atom. The second-order valence-electron chi connectivity index (χ2n) is 6.83. The van der Waals surface area contributed by atoms with Gasteiger partial charge in [0, 0.05) is 25.1 Å². The van der Waals surface area contributed by atoms with Crippen molar-refractivity contribution in [2.75, 3.05) is 13.2 Å². The van der Waals surface area contributed by atoms with Crippen LogP contribution in [0.3, 0.4) is 0 Å². The Kier molecular flexibility index (Phi) is 3.88. The number of carbonyl (C=O) groups excluding carboxylic acids is 1. The molecule has 0 aromatic heterocycles. The van der Waals surface area contributed by atoms with Gasteiger partial charge >= 0.3 is 6.03 Å². The van der Waals surface area contributed by atoms with Gasteiger partial charge in [-0.2, -0.15) is 0 Å². The molecule has 2 aliphatic rings. The van der Waals surface area contributed by atoms with Gasteiger partial charge in [0.1, 0.15) is 5.75 Å². The van der Waals surface area contributed by atoms with Gasteiger partial charge in [-0.05, 0) is 36.6 Å². The van der Waals surface area contributed by atoms with Crippen LogP contribution in [0.25, 0.3) is 11.1 Å². The summed E-state index contributed by atoms with van der Waals surface area (Å²) in [5, 5.41) is 12.2. The smallest absolute Gasteiger partial charge is 0.320 e. The highest BCUT2D eigenvalue weighted by atomic mass is 16.5. The zero-order chi connectivity index (χ0) is 17.4. The zero-order valence-corrected chi connectivity index (χ0v) is 14.2. The lowest BCUT2D eigenvalue weighted by Crippen LogP contribution is -2.64. The molecule has 1 saturated heterocycles. The summed E-state index contributed by atoms with van der Waals surface area (Å²) in [5.74, 6) is 0.812. The molecule has 2 aliphatic heterocycles. The van der Waals surface area contributed by atoms with E-state index < -0.39 is 5.72 Å². The lowest BCUT2D eigenvalue weighted by molar-refractivity contribution is -0.0849. The zero-order valence-electron chi connectivity index (χ0n) is 14.2. The molecule has 2 bridgehead atoms. The number of amides is 2. The van der Waals surface area contributed by atoms with Crippen molar-refractivity contribution in [3.8, 4) is 16.9 Å². The third-order valence-corrected chi connectivity index (χ3v) is 5.06. The number of aliphatic hydroxyl groups excluding tert-OH is 1. The van der Waals surface area contributed by atoms with Crippen molar-refractivity contribution >= 4 is 6.03 Å². The lowest BCUT2D eigenvalue weighted by Gasteiger charge is -2.50. The van der Waals surface area contributed by atoms with Crippen molar-refractivity contribution in [1.82, 2.24) is 10.2 Å². The molecule has 2 amide bonds. The molecule has 5 nitrogen and oxygen atoms in total. The van der Waals surface area contributed by atoms with Crippen molar-refractivity contribution in [3.05, 3.63) is 54.1 Å². The molecule has 0 aliphatic carbocycles. The summed E-state index contributed by atoms with van der Waals surface area (Å²) in [5.41, 5.74) is 2.60. The molecule has 2 aromatic carbocycles. The summed E-state index contributed by atoms with van der Waals surface area (Å²) in [7, 11) is 0. The molecule has 4 rings (SSSR count). The maximum absolute atomic E-state index is 12.5. The van der Waals surface area contributed by atoms with Gasteiger partial charge < -0.3 is 15.2 Å². The van der Waals surface area contributed by atoms with E-state index in [-0.39, 0.29) is 18.7 Å². The van der Waals surface area contributed by atoms with Crippen LogP contribution in [0.15, 0.2) is 48.5 Å². The van der Waals surface area contributed by atoms with Crippen LogP contribution < -0.4 is 10.1 Å². The second-order valence-corrected chi connectivity index (χ2v) is 6.83. The first-order valence-corrected chi connectivity index (χ1v) is 8.68. The molecular formula is C20H22N2O3. The largest absolute Gasteiger partial charge is 0.468 e. The van der Waals surface area contributed by atoms with E-state index in [1.807, 2.05) is 31.2 Å². The Balaban J connectivity index is 1.69. The highest BCUT2D eigenvalue weighted by Crippen LogP contribution is 2.45. The molecule has 2 heterocycles. The molecule has 2 aromatic rings. The lowest BCUT2D eigenvalue weighted by atomic mass is 9.88. The SMILES string of the molecule is CC12CC(NC(=O)N1CCCO)c1cc(-c3ccccc3)ccc1O2. The van der Waals surface area contributed by atoms with Gasteiger partial charge in [0.05, 0.1) is 6.04 Å². The fourth-order valence-corrected chi connectivity index (χ4v) is 3.79. The summed E-state index contributed by atoms with van der Waals surface area (Å²) >= 11 is 0. The van der Waals surface area contributed by atoms with Crippen LogP contribution in [0.4, 0.5) is 4.79 Å². The number of hydrogen-bond acceptors (Lipinski definition) is 3. The summed E-state index contributed by atoms with van der Waals surface area (Å²) in [6.45, 7) is 2.48. The number of benzene rings is 2. The number of rotatable bonds is 4. The minimum absolute atomic E-state index is 0.0559. The van der Waals surface area contributed by atoms with E-state index in [4.69, 9.17) is 9.84 Å². The molecule has 2 N–H and O–H groups in total. The maximum atomic E-state index is 12.5. The van der Waals surface area contributed by atoms with E-state index in [2.05, 4.69) is 29.6 Å². The van der Waals surface area contributed by atoms with Gasteiger partial charge in [-0.1, -0.05) is 36.4 Å². The van der Waals surface area contributed by atoms with Crippen molar-refractivity contribution < 1.29 is 14.6 Å². The monoisotopic (exact) mass is 338 g/mol. The van der Waals surface area contributed by atoms with Gasteiger partial charge in [0.15, 0.2) is 5.72 Å². The number of aliphatic hydroxyl groups is 1. The molecule has 2 unspecified atom stereocenters. The van der Waals surface area contributed by atoms with Crippen molar-refractivity contribution in [2.24, 2.45) is 0 Å². The van der Waals surface area contributed by atoms with E-state index in [0.29, 0.717) is 19.4 Å². The first-order chi connectivity index (χ1) is 12.1. The van der Waals surface area contributed by atoms with E-state index in [1.54, 1.807) is 4.90 Å². The number of hydrogen-bond donors (Lipinski definition) is 2. The molecular weight excluding hydrogens is 316 g/mol. The number of urea groups is 1. The van der Waals surface area contributed by atoms with Gasteiger partial charge in [0.25, 0.3) is 0 Å². The average Bonchev–Trinajstić information content (AvgIpc) is 2.61. The molecule has 2 atom stereocenters. The van der Waals surface area contributed by atoms with Gasteiger partial charge in [-0.3, -0.25) is 4.90 Å². The van der Waals surface area contributed by atoms with Gasteiger partial charge in [0.2, 0.25) is 0 Å². The number of nitrogens with one attached hydrogen (secondary N) is 1. The fourth-order valence-electron chi connectivity index (χ4n) is 3.79. The maximum Gasteiger partial charge on any atom is 0.320 e. The van der Waals surface area contributed by atoms with Crippen LogP contribution in [0.1, 0.15) is 31.4 Å². The normalized spacial score (nSPS) is 24.3. The Hall–Kier alpha value is -2.53. The topological polar surface area (TPSA) is 61.8 Å². The number of ether oxygens (including phenoxy) is 1. The molecule has 1 fully saturated rings. The Morgan fingerprint density at radius 3 is 2.80 bits per heavy atom. The van der Waals surface area contributed by atoms with Crippen molar-refractivity contribution in [1.29, 1.82) is 0 Å². The predicted octanol–water partition coefficient (Wildman–Crippen LogP) is 3.30. The molecule has 0 saturated carbocycles. The minimum Gasteiger partial charge on any atom is -0.468 e. The van der Waals surface area contributed by atoms with Crippen LogP contribution >= 0.6 is 0 Å². The van der Waals surface area contributed by atoms with Gasteiger partial charge in [-0.25, -0.2) is 4.79 Å². The third kappa shape index (κ3) is 2.74. The molecule has 25 heavy (non-hydrogen) atoms. The van der Waals surface area contributed by atoms with E-state index in [0.717, 1.165) is 22.4 Å². The summed E-state index contributed by atoms with van der Waals surface area (Å²) < 4.78 is 6.24. The van der Waals surface area contributed by atoms with Crippen LogP contribution in [0.5, 0.6) is 5.75 Å². The summed E-state index contributed by atoms with van der Waals surface area (Å²) in [6.07, 6.45) is 1.23. The summed E-state index contributed by atoms with van der Waals surface area (Å²) in [4.78, 5) is 14.2. The first kappa shape index (κ1) is 16.0. The fraction of sp³-hybridized carbons (Fsp3) is 0.350. The van der Waals surface area contributed by atoms with Crippen LogP contribution in [-0.4, -0.2) is 34.9 Å². The highest BCUT2D eigenvalue weighted by molar-refractivity contribution is 5.78. The number of nitrogens with zero attached hydrogens (tertiary/aromatic N) is 1. The first-order valence-electron chi connectivity index (χ1n) is 8.68. The Morgan fingerprint density at radius 2 is 2.04 bits per heavy atom. The molecule has 130 valence electrons. The Labute approximate surface area is 147 Å². The molecule has 0 radical (unpaired) electrons. The second kappa shape index (κ2) is 6.08. The van der Waals surface area contributed by atoms with E-state index in [1.165, 1.54) is 0 Å². The van der Waals surface area contributed by atoms with Crippen LogP contribution in [-0.2, 0) is 0 Å². The Bertz CT molecular complexity index is 793.